The summed E-state index contributed by atoms with van der Waals surface area (Å²) in [5.74, 6) is -3.06. The first-order chi connectivity index (χ1) is 11.8. The molecule has 25 heavy (non-hydrogen) atoms. The van der Waals surface area contributed by atoms with Crippen LogP contribution in [0.1, 0.15) is 39.5 Å². The lowest BCUT2D eigenvalue weighted by molar-refractivity contribution is -0.163. The van der Waals surface area contributed by atoms with E-state index < -0.39 is 30.1 Å². The van der Waals surface area contributed by atoms with Gasteiger partial charge in [-0.3, -0.25) is 24.6 Å². The number of urea groups is 1. The predicted octanol–water partition coefficient (Wildman–Crippen LogP) is -0.0626. The number of carbonyl (C=O) groups is 5. The Balaban J connectivity index is 1.99. The Morgan fingerprint density at radius 1 is 1.08 bits per heavy atom. The number of carbonyl (C=O) groups excluding carboxylic acids is 5. The van der Waals surface area contributed by atoms with Crippen LogP contribution in [0.15, 0.2) is 0 Å². The Labute approximate surface area is 145 Å². The van der Waals surface area contributed by atoms with Crippen molar-refractivity contribution in [3.8, 4) is 0 Å². The second kappa shape index (κ2) is 7.62. The fourth-order valence-electron chi connectivity index (χ4n) is 3.28. The minimum absolute atomic E-state index is 0.346. The minimum atomic E-state index is -1.23. The van der Waals surface area contributed by atoms with Gasteiger partial charge >= 0.3 is 12.0 Å². The Hall–Kier alpha value is -2.45. The summed E-state index contributed by atoms with van der Waals surface area (Å²) < 4.78 is 5.00. The molecule has 0 bridgehead atoms. The van der Waals surface area contributed by atoms with Crippen molar-refractivity contribution in [1.82, 2.24) is 15.5 Å². The summed E-state index contributed by atoms with van der Waals surface area (Å²) in [5.41, 5.74) is 0. The van der Waals surface area contributed by atoms with Gasteiger partial charge in [-0.1, -0.05) is 12.8 Å². The lowest BCUT2D eigenvalue weighted by atomic mass is 9.81. The van der Waals surface area contributed by atoms with Gasteiger partial charge in [-0.25, -0.2) is 9.59 Å². The van der Waals surface area contributed by atoms with Gasteiger partial charge in [-0.05, 0) is 26.7 Å². The lowest BCUT2D eigenvalue weighted by Gasteiger charge is -2.23. The first-order valence-corrected chi connectivity index (χ1v) is 8.38. The monoisotopic (exact) mass is 353 g/mol. The average Bonchev–Trinajstić information content (AvgIpc) is 2.85. The van der Waals surface area contributed by atoms with Gasteiger partial charge in [0.1, 0.15) is 6.04 Å². The average molecular weight is 353 g/mol. The van der Waals surface area contributed by atoms with Crippen LogP contribution >= 0.6 is 0 Å². The fraction of sp³-hybridized carbons (Fsp3) is 0.688. The molecule has 2 fully saturated rings. The maximum atomic E-state index is 12.5. The van der Waals surface area contributed by atoms with E-state index in [1.807, 2.05) is 5.32 Å². The van der Waals surface area contributed by atoms with Crippen molar-refractivity contribution in [3.63, 3.8) is 0 Å². The van der Waals surface area contributed by atoms with Crippen molar-refractivity contribution >= 4 is 29.7 Å². The van der Waals surface area contributed by atoms with Gasteiger partial charge < -0.3 is 10.1 Å². The molecule has 0 radical (unpaired) electrons. The van der Waals surface area contributed by atoms with Crippen LogP contribution in [0.5, 0.6) is 0 Å². The normalized spacial score (nSPS) is 25.0. The van der Waals surface area contributed by atoms with Crippen molar-refractivity contribution in [2.75, 3.05) is 7.05 Å². The number of ether oxygens (including phenoxy) is 1. The summed E-state index contributed by atoms with van der Waals surface area (Å²) in [6, 6.07) is -1.84. The standard InChI is InChI=1S/C16H23N3O6/c1-8(15(23)25-9(2)12(20)18-16(24)17-3)19-13(21)10-6-4-5-7-11(10)14(19)22/h8-11H,4-7H2,1-3H3,(H2,17,18,20,24)/t8-,9?,10?,11?/m0/s1. The third-order valence-electron chi connectivity index (χ3n) is 4.73. The molecule has 2 N–H and O–H groups in total. The van der Waals surface area contributed by atoms with E-state index in [0.29, 0.717) is 12.8 Å². The fourth-order valence-corrected chi connectivity index (χ4v) is 3.28. The van der Waals surface area contributed by atoms with Crippen molar-refractivity contribution in [1.29, 1.82) is 0 Å². The highest BCUT2D eigenvalue weighted by atomic mass is 16.5. The van der Waals surface area contributed by atoms with E-state index in [1.165, 1.54) is 20.9 Å². The van der Waals surface area contributed by atoms with Gasteiger partial charge in [0, 0.05) is 7.05 Å². The number of rotatable bonds is 4. The van der Waals surface area contributed by atoms with E-state index in [1.54, 1.807) is 0 Å². The van der Waals surface area contributed by atoms with Gasteiger partial charge in [-0.2, -0.15) is 0 Å². The summed E-state index contributed by atoms with van der Waals surface area (Å²) in [4.78, 5) is 61.0. The molecule has 0 aromatic heterocycles. The minimum Gasteiger partial charge on any atom is -0.451 e. The van der Waals surface area contributed by atoms with Crippen LogP contribution in [0.4, 0.5) is 4.79 Å². The molecular weight excluding hydrogens is 330 g/mol. The largest absolute Gasteiger partial charge is 0.451 e. The number of fused-ring (bicyclic) bond motifs is 1. The first kappa shape index (κ1) is 18.9. The molecule has 4 atom stereocenters. The van der Waals surface area contributed by atoms with E-state index in [0.717, 1.165) is 17.7 Å². The molecule has 9 nitrogen and oxygen atoms in total. The van der Waals surface area contributed by atoms with Crippen LogP contribution in [0.3, 0.4) is 0 Å². The predicted molar refractivity (Wildman–Crippen MR) is 84.9 cm³/mol. The maximum absolute atomic E-state index is 12.5. The second-order valence-electron chi connectivity index (χ2n) is 6.37. The highest BCUT2D eigenvalue weighted by molar-refractivity contribution is 6.08. The Bertz CT molecular complexity index is 581. The number of likely N-dealkylation sites (tertiary alicyclic amines) is 1. The highest BCUT2D eigenvalue weighted by Gasteiger charge is 2.51. The van der Waals surface area contributed by atoms with Crippen molar-refractivity contribution in [2.24, 2.45) is 11.8 Å². The van der Waals surface area contributed by atoms with E-state index >= 15 is 0 Å². The summed E-state index contributed by atoms with van der Waals surface area (Å²) in [5, 5.41) is 4.19. The molecule has 1 heterocycles. The van der Waals surface area contributed by atoms with E-state index in [-0.39, 0.29) is 23.7 Å². The number of esters is 1. The smallest absolute Gasteiger partial charge is 0.329 e. The van der Waals surface area contributed by atoms with E-state index in [9.17, 15) is 24.0 Å². The molecular formula is C16H23N3O6. The molecule has 138 valence electrons. The van der Waals surface area contributed by atoms with Crippen molar-refractivity contribution in [3.05, 3.63) is 0 Å². The van der Waals surface area contributed by atoms with E-state index in [2.05, 4.69) is 5.32 Å². The molecule has 3 unspecified atom stereocenters. The number of nitrogens with zero attached hydrogens (tertiary/aromatic N) is 1. The number of nitrogens with one attached hydrogen (secondary N) is 2. The Morgan fingerprint density at radius 2 is 1.60 bits per heavy atom. The van der Waals surface area contributed by atoms with Crippen LogP contribution in [0, 0.1) is 11.8 Å². The van der Waals surface area contributed by atoms with Gasteiger partial charge in [0.05, 0.1) is 11.8 Å². The number of hydrogen-bond donors (Lipinski definition) is 2. The van der Waals surface area contributed by atoms with Crippen LogP contribution in [-0.2, 0) is 23.9 Å². The van der Waals surface area contributed by atoms with Crippen molar-refractivity contribution in [2.45, 2.75) is 51.7 Å². The molecule has 1 saturated carbocycles. The zero-order chi connectivity index (χ0) is 18.7. The number of imide groups is 2. The molecule has 1 aliphatic heterocycles. The number of hydrogen-bond acceptors (Lipinski definition) is 6. The molecule has 0 aromatic carbocycles. The van der Waals surface area contributed by atoms with Gasteiger partial charge in [0.25, 0.3) is 5.91 Å². The first-order valence-electron chi connectivity index (χ1n) is 8.38. The van der Waals surface area contributed by atoms with Gasteiger partial charge in [-0.15, -0.1) is 0 Å². The van der Waals surface area contributed by atoms with Gasteiger partial charge in [0.2, 0.25) is 11.8 Å². The van der Waals surface area contributed by atoms with Gasteiger partial charge in [0.15, 0.2) is 6.10 Å². The van der Waals surface area contributed by atoms with Crippen LogP contribution in [-0.4, -0.2) is 53.8 Å². The van der Waals surface area contributed by atoms with E-state index in [4.69, 9.17) is 4.74 Å². The topological polar surface area (TPSA) is 122 Å². The van der Waals surface area contributed by atoms with Crippen LogP contribution < -0.4 is 10.6 Å². The SMILES string of the molecule is CNC(=O)NC(=O)C(C)OC(=O)[C@H](C)N1C(=O)C2CCCCC2C1=O. The summed E-state index contributed by atoms with van der Waals surface area (Å²) in [6.07, 6.45) is 1.85. The summed E-state index contributed by atoms with van der Waals surface area (Å²) in [7, 11) is 1.34. The highest BCUT2D eigenvalue weighted by Crippen LogP contribution is 2.38. The third-order valence-corrected chi connectivity index (χ3v) is 4.73. The Morgan fingerprint density at radius 3 is 2.08 bits per heavy atom. The lowest BCUT2D eigenvalue weighted by Crippen LogP contribution is -2.48. The molecule has 1 saturated heterocycles. The maximum Gasteiger partial charge on any atom is 0.329 e. The van der Waals surface area contributed by atoms with Crippen LogP contribution in [0.2, 0.25) is 0 Å². The molecule has 0 aromatic rings. The van der Waals surface area contributed by atoms with Crippen LogP contribution in [0.25, 0.3) is 0 Å². The molecule has 1 aliphatic carbocycles. The van der Waals surface area contributed by atoms with Crippen molar-refractivity contribution < 1.29 is 28.7 Å². The summed E-state index contributed by atoms with van der Waals surface area (Å²) >= 11 is 0. The quantitative estimate of drug-likeness (QED) is 0.539. The Kier molecular flexibility index (Phi) is 5.76. The molecule has 2 rings (SSSR count). The third kappa shape index (κ3) is 3.80. The molecule has 5 amide bonds. The zero-order valence-corrected chi connectivity index (χ0v) is 14.5. The molecule has 2 aliphatic rings. The number of amides is 5. The summed E-state index contributed by atoms with van der Waals surface area (Å²) in [6.45, 7) is 2.70. The second-order valence-corrected chi connectivity index (χ2v) is 6.37. The molecule has 0 spiro atoms. The zero-order valence-electron chi connectivity index (χ0n) is 14.5. The molecule has 9 heteroatoms.